The van der Waals surface area contributed by atoms with Gasteiger partial charge in [-0.25, -0.2) is 9.48 Å². The first-order valence-corrected chi connectivity index (χ1v) is 7.84. The third-order valence-corrected chi connectivity index (χ3v) is 4.46. The number of carbonyl (C=O) groups is 1. The smallest absolute Gasteiger partial charge is 0.320 e. The van der Waals surface area contributed by atoms with Crippen LogP contribution in [0.5, 0.6) is 0 Å². The van der Waals surface area contributed by atoms with Crippen LogP contribution in [0.3, 0.4) is 0 Å². The van der Waals surface area contributed by atoms with Gasteiger partial charge in [-0.1, -0.05) is 0 Å². The molecule has 1 saturated carbocycles. The Morgan fingerprint density at radius 3 is 2.76 bits per heavy atom. The number of aromatic nitrogens is 2. The quantitative estimate of drug-likeness (QED) is 0.895. The number of ether oxygens (including phenoxy) is 1. The van der Waals surface area contributed by atoms with Gasteiger partial charge in [0.2, 0.25) is 0 Å². The van der Waals surface area contributed by atoms with Gasteiger partial charge in [0.25, 0.3) is 0 Å². The molecule has 116 valence electrons. The monoisotopic (exact) mass is 292 g/mol. The van der Waals surface area contributed by atoms with Gasteiger partial charge in [-0.05, 0) is 45.4 Å². The molecule has 6 heteroatoms. The van der Waals surface area contributed by atoms with Crippen LogP contribution in [0.25, 0.3) is 0 Å². The van der Waals surface area contributed by atoms with Crippen molar-refractivity contribution >= 4 is 11.8 Å². The predicted octanol–water partition coefficient (Wildman–Crippen LogP) is 2.46. The Balaban J connectivity index is 1.63. The highest BCUT2D eigenvalue weighted by Crippen LogP contribution is 2.40. The Morgan fingerprint density at radius 2 is 2.10 bits per heavy atom. The summed E-state index contributed by atoms with van der Waals surface area (Å²) in [6.45, 7) is 5.60. The normalized spacial score (nSPS) is 21.0. The second-order valence-electron chi connectivity index (χ2n) is 6.18. The summed E-state index contributed by atoms with van der Waals surface area (Å²) < 4.78 is 7.26. The standard InChI is InChI=1S/C15H24N4O2/c1-10-9-16-19(11(2)12-3-4-12)14(10)18-15(20)17-13-5-7-21-8-6-13/h9,11-13H,3-8H2,1-2H3,(H2,17,18,20)/t11-/m1/s1. The van der Waals surface area contributed by atoms with Crippen molar-refractivity contribution in [2.45, 2.75) is 51.6 Å². The number of hydrogen-bond donors (Lipinski definition) is 2. The summed E-state index contributed by atoms with van der Waals surface area (Å²) in [4.78, 5) is 12.2. The Kier molecular flexibility index (Phi) is 4.14. The van der Waals surface area contributed by atoms with Crippen molar-refractivity contribution in [2.24, 2.45) is 5.92 Å². The summed E-state index contributed by atoms with van der Waals surface area (Å²) in [5.74, 6) is 1.52. The van der Waals surface area contributed by atoms with Crippen molar-refractivity contribution in [3.05, 3.63) is 11.8 Å². The second-order valence-corrected chi connectivity index (χ2v) is 6.18. The molecule has 1 atom stereocenters. The highest BCUT2D eigenvalue weighted by molar-refractivity contribution is 5.89. The van der Waals surface area contributed by atoms with Crippen molar-refractivity contribution < 1.29 is 9.53 Å². The third kappa shape index (κ3) is 3.37. The molecule has 21 heavy (non-hydrogen) atoms. The summed E-state index contributed by atoms with van der Waals surface area (Å²) in [5.41, 5.74) is 1.00. The second kappa shape index (κ2) is 6.05. The first kappa shape index (κ1) is 14.4. The average Bonchev–Trinajstić information content (AvgIpc) is 3.26. The zero-order valence-corrected chi connectivity index (χ0v) is 12.8. The van der Waals surface area contributed by atoms with Gasteiger partial charge in [0, 0.05) is 24.8 Å². The van der Waals surface area contributed by atoms with Gasteiger partial charge in [0.15, 0.2) is 0 Å². The molecule has 1 aromatic heterocycles. The molecule has 6 nitrogen and oxygen atoms in total. The number of hydrogen-bond acceptors (Lipinski definition) is 3. The molecule has 0 bridgehead atoms. The van der Waals surface area contributed by atoms with Gasteiger partial charge >= 0.3 is 6.03 Å². The molecular weight excluding hydrogens is 268 g/mol. The third-order valence-electron chi connectivity index (χ3n) is 4.46. The van der Waals surface area contributed by atoms with E-state index in [9.17, 15) is 4.79 Å². The number of anilines is 1. The van der Waals surface area contributed by atoms with Gasteiger partial charge < -0.3 is 10.1 Å². The van der Waals surface area contributed by atoms with Gasteiger partial charge in [0.05, 0.1) is 12.2 Å². The lowest BCUT2D eigenvalue weighted by Crippen LogP contribution is -2.41. The molecule has 2 N–H and O–H groups in total. The fraction of sp³-hybridized carbons (Fsp3) is 0.733. The van der Waals surface area contributed by atoms with Gasteiger partial charge in [-0.15, -0.1) is 0 Å². The van der Waals surface area contributed by atoms with Crippen LogP contribution >= 0.6 is 0 Å². The lowest BCUT2D eigenvalue weighted by Gasteiger charge is -2.23. The molecule has 0 aromatic carbocycles. The molecule has 0 spiro atoms. The minimum atomic E-state index is -0.144. The summed E-state index contributed by atoms with van der Waals surface area (Å²) in [6.07, 6.45) is 6.10. The Hall–Kier alpha value is -1.56. The highest BCUT2D eigenvalue weighted by atomic mass is 16.5. The van der Waals surface area contributed by atoms with E-state index in [2.05, 4.69) is 22.7 Å². The summed E-state index contributed by atoms with van der Waals surface area (Å²) in [6, 6.07) is 0.406. The Bertz CT molecular complexity index is 504. The predicted molar refractivity (Wildman–Crippen MR) is 80.4 cm³/mol. The van der Waals surface area contributed by atoms with Gasteiger partial charge in [0.1, 0.15) is 5.82 Å². The number of aryl methyl sites for hydroxylation is 1. The van der Waals surface area contributed by atoms with Crippen molar-refractivity contribution in [1.82, 2.24) is 15.1 Å². The summed E-state index contributed by atoms with van der Waals surface area (Å²) >= 11 is 0. The van der Waals surface area contributed by atoms with Crippen molar-refractivity contribution in [3.8, 4) is 0 Å². The molecular formula is C15H24N4O2. The molecule has 2 aliphatic rings. The molecule has 2 amide bonds. The summed E-state index contributed by atoms with van der Waals surface area (Å²) in [5, 5.41) is 10.4. The van der Waals surface area contributed by atoms with E-state index < -0.39 is 0 Å². The molecule has 1 saturated heterocycles. The summed E-state index contributed by atoms with van der Waals surface area (Å²) in [7, 11) is 0. The van der Waals surface area contributed by atoms with Crippen LogP contribution in [-0.2, 0) is 4.74 Å². The number of nitrogens with zero attached hydrogens (tertiary/aromatic N) is 2. The Morgan fingerprint density at radius 1 is 1.38 bits per heavy atom. The lowest BCUT2D eigenvalue weighted by molar-refractivity contribution is 0.0806. The van der Waals surface area contributed by atoms with Gasteiger partial charge in [-0.3, -0.25) is 5.32 Å². The molecule has 1 aliphatic carbocycles. The molecule has 0 unspecified atom stereocenters. The van der Waals surface area contributed by atoms with Crippen LogP contribution < -0.4 is 10.6 Å². The Labute approximate surface area is 125 Å². The number of rotatable bonds is 4. The number of carbonyl (C=O) groups excluding carboxylic acids is 1. The number of nitrogens with one attached hydrogen (secondary N) is 2. The van der Waals surface area contributed by atoms with E-state index in [1.807, 2.05) is 17.8 Å². The molecule has 2 heterocycles. The van der Waals surface area contributed by atoms with Crippen LogP contribution in [0.15, 0.2) is 6.20 Å². The maximum absolute atomic E-state index is 12.2. The maximum Gasteiger partial charge on any atom is 0.320 e. The maximum atomic E-state index is 12.2. The fourth-order valence-corrected chi connectivity index (χ4v) is 2.86. The van der Waals surface area contributed by atoms with Crippen LogP contribution in [0.1, 0.15) is 44.2 Å². The van der Waals surface area contributed by atoms with E-state index in [4.69, 9.17) is 4.74 Å². The van der Waals surface area contributed by atoms with Crippen LogP contribution in [0.4, 0.5) is 10.6 Å². The van der Waals surface area contributed by atoms with Crippen molar-refractivity contribution in [1.29, 1.82) is 0 Å². The first-order valence-electron chi connectivity index (χ1n) is 7.84. The minimum absolute atomic E-state index is 0.144. The van der Waals surface area contributed by atoms with Gasteiger partial charge in [-0.2, -0.15) is 5.10 Å². The number of urea groups is 1. The molecule has 1 aliphatic heterocycles. The molecule has 3 rings (SSSR count). The van der Waals surface area contributed by atoms with E-state index in [1.54, 1.807) is 0 Å². The van der Waals surface area contributed by atoms with Crippen LogP contribution in [-0.4, -0.2) is 35.1 Å². The zero-order valence-electron chi connectivity index (χ0n) is 12.8. The van der Waals surface area contributed by atoms with Crippen LogP contribution in [0.2, 0.25) is 0 Å². The van der Waals surface area contributed by atoms with Crippen LogP contribution in [0, 0.1) is 12.8 Å². The lowest BCUT2D eigenvalue weighted by atomic mass is 10.1. The number of amides is 2. The highest BCUT2D eigenvalue weighted by Gasteiger charge is 2.31. The molecule has 0 radical (unpaired) electrons. The van der Waals surface area contributed by atoms with E-state index in [0.29, 0.717) is 12.0 Å². The largest absolute Gasteiger partial charge is 0.381 e. The van der Waals surface area contributed by atoms with E-state index in [0.717, 1.165) is 37.4 Å². The minimum Gasteiger partial charge on any atom is -0.381 e. The average molecular weight is 292 g/mol. The van der Waals surface area contributed by atoms with E-state index in [1.165, 1.54) is 12.8 Å². The topological polar surface area (TPSA) is 68.2 Å². The van der Waals surface area contributed by atoms with E-state index in [-0.39, 0.29) is 12.1 Å². The zero-order chi connectivity index (χ0) is 14.8. The fourth-order valence-electron chi connectivity index (χ4n) is 2.86. The first-order chi connectivity index (χ1) is 10.1. The van der Waals surface area contributed by atoms with Crippen molar-refractivity contribution in [3.63, 3.8) is 0 Å². The molecule has 1 aromatic rings. The van der Waals surface area contributed by atoms with Crippen molar-refractivity contribution in [2.75, 3.05) is 18.5 Å². The molecule has 2 fully saturated rings. The van der Waals surface area contributed by atoms with E-state index >= 15 is 0 Å². The SMILES string of the molecule is Cc1cnn([C@H](C)C2CC2)c1NC(=O)NC1CCOCC1.